The Morgan fingerprint density at radius 3 is 2.68 bits per heavy atom. The fraction of sp³-hybridized carbons (Fsp3) is 0.300. The molecule has 2 amide bonds. The predicted octanol–water partition coefficient (Wildman–Crippen LogP) is 2.84. The Balaban J connectivity index is 1.77. The van der Waals surface area contributed by atoms with E-state index in [0.717, 1.165) is 10.4 Å². The second-order valence-corrected chi connectivity index (χ2v) is 8.60. The summed E-state index contributed by atoms with van der Waals surface area (Å²) in [7, 11) is 0. The van der Waals surface area contributed by atoms with Crippen molar-refractivity contribution in [3.63, 3.8) is 0 Å². The number of aromatic nitrogens is 2. The molecule has 1 aliphatic heterocycles. The largest absolute Gasteiger partial charge is 0.322 e. The molecule has 3 heterocycles. The van der Waals surface area contributed by atoms with E-state index < -0.39 is 5.54 Å². The van der Waals surface area contributed by atoms with Gasteiger partial charge in [0, 0.05) is 4.88 Å². The first-order chi connectivity index (χ1) is 13.2. The highest BCUT2D eigenvalue weighted by molar-refractivity contribution is 7.18. The van der Waals surface area contributed by atoms with Crippen LogP contribution < -0.4 is 15.8 Å². The molecule has 1 aromatic carbocycles. The average molecular weight is 396 g/mol. The zero-order valence-electron chi connectivity index (χ0n) is 16.1. The van der Waals surface area contributed by atoms with E-state index in [9.17, 15) is 14.4 Å². The van der Waals surface area contributed by atoms with Gasteiger partial charge < -0.3 is 5.32 Å². The van der Waals surface area contributed by atoms with Crippen LogP contribution in [0.1, 0.15) is 24.3 Å². The van der Waals surface area contributed by atoms with Gasteiger partial charge in [-0.15, -0.1) is 11.3 Å². The Kier molecular flexibility index (Phi) is 4.11. The quantitative estimate of drug-likeness (QED) is 0.722. The van der Waals surface area contributed by atoms with Gasteiger partial charge in [0.2, 0.25) is 11.8 Å². The summed E-state index contributed by atoms with van der Waals surface area (Å²) in [6, 6.07) is 7.14. The van der Waals surface area contributed by atoms with Gasteiger partial charge in [0.25, 0.3) is 5.56 Å². The van der Waals surface area contributed by atoms with E-state index in [1.165, 1.54) is 27.1 Å². The van der Waals surface area contributed by atoms with Gasteiger partial charge in [-0.2, -0.15) is 0 Å². The first-order valence-corrected chi connectivity index (χ1v) is 9.72. The van der Waals surface area contributed by atoms with E-state index in [4.69, 9.17) is 0 Å². The van der Waals surface area contributed by atoms with E-state index in [1.54, 1.807) is 32.0 Å². The molecule has 0 fully saturated rings. The van der Waals surface area contributed by atoms with Crippen molar-refractivity contribution in [3.05, 3.63) is 51.4 Å². The molecule has 8 heteroatoms. The van der Waals surface area contributed by atoms with Crippen molar-refractivity contribution in [2.24, 2.45) is 0 Å². The lowest BCUT2D eigenvalue weighted by molar-refractivity contribution is -0.126. The van der Waals surface area contributed by atoms with Crippen LogP contribution in [0.4, 0.5) is 11.4 Å². The van der Waals surface area contributed by atoms with Gasteiger partial charge >= 0.3 is 0 Å². The molecule has 3 aromatic rings. The molecule has 0 saturated heterocycles. The van der Waals surface area contributed by atoms with Gasteiger partial charge in [0.1, 0.15) is 16.9 Å². The van der Waals surface area contributed by atoms with Crippen LogP contribution >= 0.6 is 11.3 Å². The summed E-state index contributed by atoms with van der Waals surface area (Å²) in [5, 5.41) is 3.38. The Morgan fingerprint density at radius 2 is 1.93 bits per heavy atom. The molecule has 1 aliphatic rings. The first kappa shape index (κ1) is 18.4. The summed E-state index contributed by atoms with van der Waals surface area (Å²) < 4.78 is 1.31. The zero-order valence-corrected chi connectivity index (χ0v) is 16.9. The number of fused-ring (bicyclic) bond motifs is 2. The van der Waals surface area contributed by atoms with Gasteiger partial charge in [0.15, 0.2) is 0 Å². The van der Waals surface area contributed by atoms with Crippen LogP contribution in [0.3, 0.4) is 0 Å². The molecule has 2 aromatic heterocycles. The number of rotatable bonds is 2. The number of aryl methyl sites for hydroxylation is 2. The standard InChI is InChI=1S/C20H20N4O3S/c1-11-12(2)28-17-16(11)18(26)23(10-21-17)9-15(25)24-14-8-6-5-7-13(14)22-19(27)20(24,3)4/h5-8,10H,9H2,1-4H3,(H,22,27). The van der Waals surface area contributed by atoms with Crippen LogP contribution in [0, 0.1) is 13.8 Å². The molecular formula is C20H20N4O3S. The highest BCUT2D eigenvalue weighted by Crippen LogP contribution is 2.36. The van der Waals surface area contributed by atoms with Crippen molar-refractivity contribution >= 4 is 44.7 Å². The van der Waals surface area contributed by atoms with Crippen molar-refractivity contribution in [3.8, 4) is 0 Å². The highest BCUT2D eigenvalue weighted by atomic mass is 32.1. The summed E-state index contributed by atoms with van der Waals surface area (Å²) in [4.78, 5) is 46.2. The van der Waals surface area contributed by atoms with Crippen molar-refractivity contribution in [1.82, 2.24) is 9.55 Å². The van der Waals surface area contributed by atoms with Crippen LogP contribution in [-0.4, -0.2) is 26.9 Å². The SMILES string of the molecule is Cc1sc2ncn(CC(=O)N3c4ccccc4NC(=O)C3(C)C)c(=O)c2c1C. The number of nitrogens with one attached hydrogen (secondary N) is 1. The molecule has 0 atom stereocenters. The molecule has 0 bridgehead atoms. The van der Waals surface area contributed by atoms with E-state index in [0.29, 0.717) is 21.6 Å². The molecule has 4 rings (SSSR count). The fourth-order valence-electron chi connectivity index (χ4n) is 3.50. The number of hydrogen-bond acceptors (Lipinski definition) is 5. The molecule has 28 heavy (non-hydrogen) atoms. The number of carbonyl (C=O) groups excluding carboxylic acids is 2. The van der Waals surface area contributed by atoms with E-state index in [1.807, 2.05) is 19.9 Å². The maximum Gasteiger partial charge on any atom is 0.262 e. The fourth-order valence-corrected chi connectivity index (χ4v) is 4.48. The monoisotopic (exact) mass is 396 g/mol. The summed E-state index contributed by atoms with van der Waals surface area (Å²) in [6.45, 7) is 7.01. The number of hydrogen-bond donors (Lipinski definition) is 1. The lowest BCUT2D eigenvalue weighted by Crippen LogP contribution is -2.59. The van der Waals surface area contributed by atoms with Crippen molar-refractivity contribution in [1.29, 1.82) is 0 Å². The summed E-state index contributed by atoms with van der Waals surface area (Å²) in [5.74, 6) is -0.620. The lowest BCUT2D eigenvalue weighted by atomic mass is 9.96. The van der Waals surface area contributed by atoms with Crippen LogP contribution in [0.2, 0.25) is 0 Å². The number of thiophene rings is 1. The Labute approximate surface area is 165 Å². The first-order valence-electron chi connectivity index (χ1n) is 8.90. The van der Waals surface area contributed by atoms with Crippen LogP contribution in [-0.2, 0) is 16.1 Å². The molecule has 1 N–H and O–H groups in total. The summed E-state index contributed by atoms with van der Waals surface area (Å²) in [6.07, 6.45) is 1.40. The molecular weight excluding hydrogens is 376 g/mol. The lowest BCUT2D eigenvalue weighted by Gasteiger charge is -2.42. The molecule has 0 saturated carbocycles. The average Bonchev–Trinajstić information content (AvgIpc) is 2.93. The molecule has 0 radical (unpaired) electrons. The van der Waals surface area contributed by atoms with Crippen molar-refractivity contribution in [2.45, 2.75) is 39.8 Å². The van der Waals surface area contributed by atoms with Gasteiger partial charge in [-0.05, 0) is 45.4 Å². The third-order valence-corrected chi connectivity index (χ3v) is 6.33. The second-order valence-electron chi connectivity index (χ2n) is 7.40. The van der Waals surface area contributed by atoms with Gasteiger partial charge in [-0.1, -0.05) is 12.1 Å². The maximum atomic E-state index is 13.2. The minimum atomic E-state index is -1.08. The van der Waals surface area contributed by atoms with E-state index in [2.05, 4.69) is 10.3 Å². The molecule has 7 nitrogen and oxygen atoms in total. The van der Waals surface area contributed by atoms with Crippen molar-refractivity contribution in [2.75, 3.05) is 10.2 Å². The number of benzene rings is 1. The van der Waals surface area contributed by atoms with Crippen molar-refractivity contribution < 1.29 is 9.59 Å². The highest BCUT2D eigenvalue weighted by Gasteiger charge is 2.43. The minimum Gasteiger partial charge on any atom is -0.322 e. The van der Waals surface area contributed by atoms with Gasteiger partial charge in [-0.25, -0.2) is 4.98 Å². The predicted molar refractivity (Wildman–Crippen MR) is 110 cm³/mol. The Morgan fingerprint density at radius 1 is 1.21 bits per heavy atom. The third-order valence-electron chi connectivity index (χ3n) is 5.22. The summed E-state index contributed by atoms with van der Waals surface area (Å²) >= 11 is 1.47. The number of nitrogens with zero attached hydrogens (tertiary/aromatic N) is 3. The van der Waals surface area contributed by atoms with Crippen LogP contribution in [0.15, 0.2) is 35.4 Å². The Hall–Kier alpha value is -3.00. The molecule has 0 aliphatic carbocycles. The second kappa shape index (κ2) is 6.27. The van der Waals surface area contributed by atoms with E-state index in [-0.39, 0.29) is 23.9 Å². The maximum absolute atomic E-state index is 13.2. The van der Waals surface area contributed by atoms with Gasteiger partial charge in [-0.3, -0.25) is 23.9 Å². The number of anilines is 2. The van der Waals surface area contributed by atoms with Gasteiger partial charge in [0.05, 0.1) is 23.1 Å². The smallest absolute Gasteiger partial charge is 0.262 e. The molecule has 0 unspecified atom stereocenters. The minimum absolute atomic E-state index is 0.193. The van der Waals surface area contributed by atoms with E-state index >= 15 is 0 Å². The number of para-hydroxylation sites is 2. The topological polar surface area (TPSA) is 84.3 Å². The molecule has 144 valence electrons. The summed E-state index contributed by atoms with van der Waals surface area (Å²) in [5.41, 5.74) is 0.754. The van der Waals surface area contributed by atoms with Crippen LogP contribution in [0.25, 0.3) is 10.2 Å². The zero-order chi connectivity index (χ0) is 20.2. The van der Waals surface area contributed by atoms with Crippen LogP contribution in [0.5, 0.6) is 0 Å². The Bertz CT molecular complexity index is 1190. The molecule has 0 spiro atoms. The normalized spacial score (nSPS) is 15.4. The third kappa shape index (κ3) is 2.63. The number of carbonyl (C=O) groups is 2. The number of amides is 2.